The quantitative estimate of drug-likeness (QED) is 0.0918. The highest BCUT2D eigenvalue weighted by Crippen LogP contribution is 2.64. The molecule has 15 heteroatoms. The van der Waals surface area contributed by atoms with E-state index in [9.17, 15) is 24.0 Å². The van der Waals surface area contributed by atoms with Crippen molar-refractivity contribution in [2.75, 3.05) is 38.2 Å². The first kappa shape index (κ1) is 45.8. The number of terminal acetylenes is 1. The van der Waals surface area contributed by atoms with Gasteiger partial charge in [0.1, 0.15) is 43.1 Å². The lowest BCUT2D eigenvalue weighted by atomic mass is 9.46. The fourth-order valence-electron chi connectivity index (χ4n) is 11.4. The standard InChI is InChI=1S/C50H61N5O10/c1-5-34-14-16-35(17-15-34)30-53(31-40-13-9-10-19-54(40)47(59)65-49(3,4)50-27-36-23-37(28-50)25-38(24-36)29-50)21-22-61-48(60)62-32-42-41(63-33(2)56)26-44(64-42)55-20-18-43(52-46(55)58)51-45(57)39-11-7-6-8-12-39/h1,6-8,11-12,14-18,20,36-38,40-42,44H,9-10,13,19,21-32H2,2-4H3,(H,51,52,57,58)/t36?,37?,38?,40?,41-,42+,44+,50?/m0/s1. The Kier molecular flexibility index (Phi) is 14.0. The summed E-state index contributed by atoms with van der Waals surface area (Å²) in [5, 5.41) is 2.61. The molecule has 4 bridgehead atoms. The number of anilines is 1. The lowest BCUT2D eigenvalue weighted by molar-refractivity contribution is -0.168. The van der Waals surface area contributed by atoms with E-state index in [-0.39, 0.29) is 43.0 Å². The molecule has 65 heavy (non-hydrogen) atoms. The van der Waals surface area contributed by atoms with Crippen LogP contribution in [0.25, 0.3) is 0 Å². The van der Waals surface area contributed by atoms with Gasteiger partial charge in [-0.05, 0) is 125 Å². The van der Waals surface area contributed by atoms with Gasteiger partial charge < -0.3 is 33.9 Å². The van der Waals surface area contributed by atoms with E-state index in [1.807, 2.05) is 29.2 Å². The van der Waals surface area contributed by atoms with Crippen LogP contribution < -0.4 is 11.0 Å². The van der Waals surface area contributed by atoms with Crippen molar-refractivity contribution in [1.29, 1.82) is 0 Å². The van der Waals surface area contributed by atoms with Crippen LogP contribution in [0.2, 0.25) is 0 Å². The molecule has 346 valence electrons. The summed E-state index contributed by atoms with van der Waals surface area (Å²) in [6.45, 7) is 7.25. The van der Waals surface area contributed by atoms with Crippen LogP contribution in [0.5, 0.6) is 0 Å². The van der Waals surface area contributed by atoms with Crippen LogP contribution in [-0.4, -0.2) is 100 Å². The lowest BCUT2D eigenvalue weighted by Gasteiger charge is -2.61. The highest BCUT2D eigenvalue weighted by Gasteiger charge is 2.59. The first-order valence-electron chi connectivity index (χ1n) is 23.1. The number of carbonyl (C=O) groups excluding carboxylic acids is 4. The number of ether oxygens (including phenoxy) is 5. The number of likely N-dealkylation sites (tertiary alicyclic amines) is 1. The molecule has 1 aromatic heterocycles. The summed E-state index contributed by atoms with van der Waals surface area (Å²) in [6.07, 6.45) is 13.4. The van der Waals surface area contributed by atoms with E-state index in [4.69, 9.17) is 30.1 Å². The Morgan fingerprint density at radius 3 is 2.32 bits per heavy atom. The molecule has 4 saturated carbocycles. The van der Waals surface area contributed by atoms with Gasteiger partial charge in [-0.2, -0.15) is 4.98 Å². The Bertz CT molecular complexity index is 2260. The van der Waals surface area contributed by atoms with E-state index in [0.29, 0.717) is 31.7 Å². The van der Waals surface area contributed by atoms with Crippen LogP contribution in [0.15, 0.2) is 71.7 Å². The number of piperidine rings is 1. The molecule has 1 unspecified atom stereocenters. The topological polar surface area (TPSA) is 168 Å². The second-order valence-electron chi connectivity index (χ2n) is 19.2. The molecule has 4 aliphatic carbocycles. The summed E-state index contributed by atoms with van der Waals surface area (Å²) in [6, 6.07) is 17.6. The van der Waals surface area contributed by atoms with Crippen molar-refractivity contribution in [3.8, 4) is 12.3 Å². The van der Waals surface area contributed by atoms with Crippen LogP contribution in [0.4, 0.5) is 15.4 Å². The maximum absolute atomic E-state index is 14.2. The Hall–Kier alpha value is -5.72. The van der Waals surface area contributed by atoms with E-state index >= 15 is 0 Å². The molecule has 2 aliphatic heterocycles. The third-order valence-corrected chi connectivity index (χ3v) is 14.4. The molecule has 4 atom stereocenters. The second kappa shape index (κ2) is 19.8. The van der Waals surface area contributed by atoms with Crippen molar-refractivity contribution in [3.63, 3.8) is 0 Å². The summed E-state index contributed by atoms with van der Waals surface area (Å²) >= 11 is 0. The van der Waals surface area contributed by atoms with Gasteiger partial charge in [-0.1, -0.05) is 36.3 Å². The van der Waals surface area contributed by atoms with Gasteiger partial charge >= 0.3 is 23.9 Å². The first-order valence-corrected chi connectivity index (χ1v) is 23.1. The molecule has 6 aliphatic rings. The van der Waals surface area contributed by atoms with E-state index < -0.39 is 47.8 Å². The van der Waals surface area contributed by atoms with Gasteiger partial charge in [0.15, 0.2) is 0 Å². The molecule has 6 fully saturated rings. The fourth-order valence-corrected chi connectivity index (χ4v) is 11.4. The molecule has 2 amide bonds. The average Bonchev–Trinajstić information content (AvgIpc) is 3.66. The molecular weight excluding hydrogens is 831 g/mol. The number of hydrogen-bond acceptors (Lipinski definition) is 12. The molecule has 2 aromatic carbocycles. The van der Waals surface area contributed by atoms with Crippen molar-refractivity contribution >= 4 is 29.9 Å². The number of benzene rings is 2. The molecule has 1 N–H and O–H groups in total. The van der Waals surface area contributed by atoms with Gasteiger partial charge in [0.2, 0.25) is 0 Å². The van der Waals surface area contributed by atoms with Gasteiger partial charge in [0.05, 0.1) is 0 Å². The normalized spacial score (nSPS) is 26.9. The highest BCUT2D eigenvalue weighted by atomic mass is 16.7. The Morgan fingerprint density at radius 1 is 0.954 bits per heavy atom. The van der Waals surface area contributed by atoms with E-state index in [1.54, 1.807) is 30.3 Å². The summed E-state index contributed by atoms with van der Waals surface area (Å²) in [7, 11) is 0. The summed E-state index contributed by atoms with van der Waals surface area (Å²) in [5.41, 5.74) is 0.962. The minimum Gasteiger partial charge on any atom is -0.459 e. The number of carbonyl (C=O) groups is 4. The maximum Gasteiger partial charge on any atom is 0.508 e. The number of nitrogens with zero attached hydrogens (tertiary/aromatic N) is 4. The lowest BCUT2D eigenvalue weighted by Crippen LogP contribution is -2.59. The van der Waals surface area contributed by atoms with Gasteiger partial charge in [0, 0.05) is 68.3 Å². The Morgan fingerprint density at radius 2 is 1.66 bits per heavy atom. The molecule has 15 nitrogen and oxygen atoms in total. The molecule has 0 spiro atoms. The first-order chi connectivity index (χ1) is 31.3. The Labute approximate surface area is 380 Å². The smallest absolute Gasteiger partial charge is 0.459 e. The average molecular weight is 892 g/mol. The summed E-state index contributed by atoms with van der Waals surface area (Å²) in [4.78, 5) is 73.0. The largest absolute Gasteiger partial charge is 0.508 e. The van der Waals surface area contributed by atoms with Crippen molar-refractivity contribution in [1.82, 2.24) is 19.4 Å². The van der Waals surface area contributed by atoms with E-state index in [0.717, 1.165) is 67.4 Å². The molecule has 3 aromatic rings. The van der Waals surface area contributed by atoms with E-state index in [2.05, 4.69) is 35.0 Å². The van der Waals surface area contributed by atoms with Crippen molar-refractivity contribution in [3.05, 3.63) is 94.0 Å². The fraction of sp³-hybridized carbons (Fsp3) is 0.560. The zero-order valence-electron chi connectivity index (χ0n) is 37.7. The Balaban J connectivity index is 0.870. The SMILES string of the molecule is C#Cc1ccc(CN(CCOC(=O)OC[C@H]2O[C@@H](n3ccc(NC(=O)c4ccccc4)nc3=O)C[C@@H]2OC(C)=O)CC2CCCCN2C(=O)OC(C)(C)C23CC4CC(CC(C4)C2)C3)cc1. The molecule has 9 rings (SSSR count). The molecule has 2 saturated heterocycles. The van der Waals surface area contributed by atoms with Crippen molar-refractivity contribution in [2.24, 2.45) is 23.2 Å². The van der Waals surface area contributed by atoms with Crippen LogP contribution in [0, 0.1) is 35.5 Å². The van der Waals surface area contributed by atoms with Gasteiger partial charge in [-0.3, -0.25) is 19.1 Å². The number of esters is 1. The van der Waals surface area contributed by atoms with Gasteiger partial charge in [-0.15, -0.1) is 6.42 Å². The minimum atomic E-state index is -0.941. The van der Waals surface area contributed by atoms with Crippen LogP contribution in [-0.2, 0) is 35.0 Å². The summed E-state index contributed by atoms with van der Waals surface area (Å²) in [5.74, 6) is 3.96. The van der Waals surface area contributed by atoms with Gasteiger partial charge in [0.25, 0.3) is 5.91 Å². The predicted molar refractivity (Wildman–Crippen MR) is 239 cm³/mol. The highest BCUT2D eigenvalue weighted by molar-refractivity contribution is 6.03. The molecular formula is C50H61N5O10. The summed E-state index contributed by atoms with van der Waals surface area (Å²) < 4.78 is 30.4. The van der Waals surface area contributed by atoms with Crippen LogP contribution in [0.3, 0.4) is 0 Å². The minimum absolute atomic E-state index is 0.00671. The van der Waals surface area contributed by atoms with Crippen molar-refractivity contribution in [2.45, 2.75) is 122 Å². The maximum atomic E-state index is 14.2. The van der Waals surface area contributed by atoms with Crippen LogP contribution in [0.1, 0.15) is 113 Å². The zero-order chi connectivity index (χ0) is 45.7. The number of nitrogens with one attached hydrogen (secondary N) is 1. The monoisotopic (exact) mass is 891 g/mol. The van der Waals surface area contributed by atoms with Gasteiger partial charge in [-0.25, -0.2) is 14.4 Å². The number of aromatic nitrogens is 2. The third-order valence-electron chi connectivity index (χ3n) is 14.4. The molecule has 3 heterocycles. The van der Waals surface area contributed by atoms with Crippen molar-refractivity contribution < 1.29 is 42.9 Å². The predicted octanol–water partition coefficient (Wildman–Crippen LogP) is 7.34. The number of rotatable bonds is 15. The van der Waals surface area contributed by atoms with E-state index in [1.165, 1.54) is 43.0 Å². The molecule has 0 radical (unpaired) electrons. The zero-order valence-corrected chi connectivity index (χ0v) is 37.7. The second-order valence-corrected chi connectivity index (χ2v) is 19.2. The van der Waals surface area contributed by atoms with Crippen LogP contribution >= 0.6 is 0 Å². The third kappa shape index (κ3) is 10.9. The number of amides is 2. The number of hydrogen-bond donors (Lipinski definition) is 1.